The van der Waals surface area contributed by atoms with E-state index in [0.717, 1.165) is 12.8 Å². The quantitative estimate of drug-likeness (QED) is 0.802. The number of ether oxygens (including phenoxy) is 1. The highest BCUT2D eigenvalue weighted by Gasteiger charge is 2.28. The van der Waals surface area contributed by atoms with Crippen molar-refractivity contribution in [3.05, 3.63) is 5.89 Å². The average Bonchev–Trinajstić information content (AvgIpc) is 2.96. The summed E-state index contributed by atoms with van der Waals surface area (Å²) < 4.78 is 11.0. The number of hydrogen-bond acceptors (Lipinski definition) is 6. The van der Waals surface area contributed by atoms with E-state index in [2.05, 4.69) is 34.7 Å². The van der Waals surface area contributed by atoms with Crippen molar-refractivity contribution in [2.45, 2.75) is 57.8 Å². The normalized spacial score (nSPS) is 23.8. The number of methoxy groups -OCH3 is 1. The van der Waals surface area contributed by atoms with E-state index in [1.54, 1.807) is 7.11 Å². The molecule has 2 rings (SSSR count). The molecule has 0 aromatic carbocycles. The van der Waals surface area contributed by atoms with Gasteiger partial charge in [0.25, 0.3) is 0 Å². The van der Waals surface area contributed by atoms with E-state index in [0.29, 0.717) is 24.5 Å². The van der Waals surface area contributed by atoms with Gasteiger partial charge in [0.15, 0.2) is 0 Å². The third-order valence-corrected chi connectivity index (χ3v) is 3.19. The van der Waals surface area contributed by atoms with Crippen LogP contribution in [0.3, 0.4) is 0 Å². The molecule has 2 N–H and O–H groups in total. The van der Waals surface area contributed by atoms with Gasteiger partial charge in [-0.15, -0.1) is 5.10 Å². The fourth-order valence-electron chi connectivity index (χ4n) is 2.21. The van der Waals surface area contributed by atoms with E-state index < -0.39 is 0 Å². The molecule has 2 atom stereocenters. The van der Waals surface area contributed by atoms with Crippen LogP contribution in [-0.4, -0.2) is 35.5 Å². The molecule has 1 aliphatic rings. The summed E-state index contributed by atoms with van der Waals surface area (Å²) in [7, 11) is 1.75. The van der Waals surface area contributed by atoms with Crippen molar-refractivity contribution < 1.29 is 9.15 Å². The van der Waals surface area contributed by atoms with Crippen molar-refractivity contribution in [1.29, 1.82) is 0 Å². The molecule has 1 heterocycles. The van der Waals surface area contributed by atoms with Gasteiger partial charge in [-0.2, -0.15) is 0 Å². The SMILES string of the molecule is COC1CCCC1Nc1nnc(CNC(C)C)o1. The van der Waals surface area contributed by atoms with Crippen LogP contribution in [0.5, 0.6) is 0 Å². The van der Waals surface area contributed by atoms with Crippen LogP contribution >= 0.6 is 0 Å². The smallest absolute Gasteiger partial charge is 0.315 e. The predicted molar refractivity (Wildman–Crippen MR) is 68.3 cm³/mol. The van der Waals surface area contributed by atoms with Gasteiger partial charge in [0.05, 0.1) is 18.7 Å². The summed E-state index contributed by atoms with van der Waals surface area (Å²) in [5, 5.41) is 14.5. The van der Waals surface area contributed by atoms with Crippen LogP contribution in [0.1, 0.15) is 39.0 Å². The lowest BCUT2D eigenvalue weighted by Gasteiger charge is -2.17. The largest absolute Gasteiger partial charge is 0.407 e. The van der Waals surface area contributed by atoms with Gasteiger partial charge in [0.2, 0.25) is 5.89 Å². The maximum Gasteiger partial charge on any atom is 0.315 e. The van der Waals surface area contributed by atoms with Crippen LogP contribution in [0.4, 0.5) is 6.01 Å². The zero-order chi connectivity index (χ0) is 13.0. The van der Waals surface area contributed by atoms with E-state index in [4.69, 9.17) is 9.15 Å². The van der Waals surface area contributed by atoms with Gasteiger partial charge in [-0.1, -0.05) is 18.9 Å². The third kappa shape index (κ3) is 3.43. The molecule has 1 aliphatic carbocycles. The lowest BCUT2D eigenvalue weighted by molar-refractivity contribution is 0.100. The standard InChI is InChI=1S/C12H22N4O2/c1-8(2)13-7-11-15-16-12(18-11)14-9-5-4-6-10(9)17-3/h8-10,13H,4-7H2,1-3H3,(H,14,16). The molecule has 2 unspecified atom stereocenters. The Kier molecular flexibility index (Phi) is 4.54. The van der Waals surface area contributed by atoms with Gasteiger partial charge in [-0.05, 0) is 19.3 Å². The van der Waals surface area contributed by atoms with E-state index in [9.17, 15) is 0 Å². The van der Waals surface area contributed by atoms with Crippen molar-refractivity contribution in [2.24, 2.45) is 0 Å². The van der Waals surface area contributed by atoms with E-state index in [1.807, 2.05) is 0 Å². The first-order chi connectivity index (χ1) is 8.69. The summed E-state index contributed by atoms with van der Waals surface area (Å²) in [5.41, 5.74) is 0. The van der Waals surface area contributed by atoms with Crippen molar-refractivity contribution in [3.63, 3.8) is 0 Å². The monoisotopic (exact) mass is 254 g/mol. The molecule has 1 fully saturated rings. The highest BCUT2D eigenvalue weighted by molar-refractivity contribution is 5.21. The molecular weight excluding hydrogens is 232 g/mol. The molecule has 0 saturated heterocycles. The zero-order valence-corrected chi connectivity index (χ0v) is 11.3. The van der Waals surface area contributed by atoms with Gasteiger partial charge in [0.1, 0.15) is 0 Å². The Morgan fingerprint density at radius 1 is 1.39 bits per heavy atom. The van der Waals surface area contributed by atoms with Crippen LogP contribution in [0, 0.1) is 0 Å². The first-order valence-electron chi connectivity index (χ1n) is 6.54. The minimum absolute atomic E-state index is 0.245. The number of nitrogens with zero attached hydrogens (tertiary/aromatic N) is 2. The van der Waals surface area contributed by atoms with Crippen LogP contribution in [-0.2, 0) is 11.3 Å². The Labute approximate surface area is 107 Å². The summed E-state index contributed by atoms with van der Waals surface area (Å²) >= 11 is 0. The summed E-state index contributed by atoms with van der Waals surface area (Å²) in [6, 6.07) is 1.17. The van der Waals surface area contributed by atoms with E-state index >= 15 is 0 Å². The molecule has 6 nitrogen and oxygen atoms in total. The van der Waals surface area contributed by atoms with Crippen LogP contribution in [0.2, 0.25) is 0 Å². The number of hydrogen-bond donors (Lipinski definition) is 2. The first kappa shape index (κ1) is 13.3. The van der Waals surface area contributed by atoms with Gasteiger partial charge >= 0.3 is 6.01 Å². The minimum atomic E-state index is 0.245. The van der Waals surface area contributed by atoms with Crippen LogP contribution in [0.25, 0.3) is 0 Å². The Balaban J connectivity index is 1.86. The second-order valence-electron chi connectivity index (χ2n) is 4.99. The molecule has 0 amide bonds. The number of anilines is 1. The second kappa shape index (κ2) is 6.15. The van der Waals surface area contributed by atoms with Crippen LogP contribution in [0.15, 0.2) is 4.42 Å². The fourth-order valence-corrected chi connectivity index (χ4v) is 2.21. The summed E-state index contributed by atoms with van der Waals surface area (Å²) in [6.45, 7) is 4.76. The van der Waals surface area contributed by atoms with Gasteiger partial charge in [-0.3, -0.25) is 0 Å². The van der Waals surface area contributed by atoms with Crippen molar-refractivity contribution in [1.82, 2.24) is 15.5 Å². The topological polar surface area (TPSA) is 72.2 Å². The predicted octanol–water partition coefficient (Wildman–Crippen LogP) is 1.55. The molecule has 18 heavy (non-hydrogen) atoms. The average molecular weight is 254 g/mol. The van der Waals surface area contributed by atoms with E-state index in [1.165, 1.54) is 6.42 Å². The lowest BCUT2D eigenvalue weighted by Crippen LogP contribution is -2.29. The van der Waals surface area contributed by atoms with Crippen molar-refractivity contribution in [2.75, 3.05) is 12.4 Å². The highest BCUT2D eigenvalue weighted by Crippen LogP contribution is 2.24. The fraction of sp³-hybridized carbons (Fsp3) is 0.833. The number of rotatable bonds is 6. The maximum absolute atomic E-state index is 5.54. The lowest BCUT2D eigenvalue weighted by atomic mass is 10.2. The van der Waals surface area contributed by atoms with Crippen molar-refractivity contribution >= 4 is 6.01 Å². The number of nitrogens with one attached hydrogen (secondary N) is 2. The van der Waals surface area contributed by atoms with Gasteiger partial charge < -0.3 is 19.8 Å². The summed E-state index contributed by atoms with van der Waals surface area (Å²) in [4.78, 5) is 0. The maximum atomic E-state index is 5.54. The van der Waals surface area contributed by atoms with E-state index in [-0.39, 0.29) is 12.1 Å². The summed E-state index contributed by atoms with van der Waals surface area (Å²) in [5.74, 6) is 0.609. The van der Waals surface area contributed by atoms with Gasteiger partial charge in [-0.25, -0.2) is 0 Å². The second-order valence-corrected chi connectivity index (χ2v) is 4.99. The molecule has 0 bridgehead atoms. The molecule has 1 aromatic heterocycles. The van der Waals surface area contributed by atoms with Gasteiger partial charge in [0, 0.05) is 13.2 Å². The molecule has 1 saturated carbocycles. The first-order valence-corrected chi connectivity index (χ1v) is 6.54. The molecule has 6 heteroatoms. The van der Waals surface area contributed by atoms with Crippen molar-refractivity contribution in [3.8, 4) is 0 Å². The summed E-state index contributed by atoms with van der Waals surface area (Å²) in [6.07, 6.45) is 3.59. The third-order valence-electron chi connectivity index (χ3n) is 3.19. The Morgan fingerprint density at radius 2 is 2.22 bits per heavy atom. The Hall–Kier alpha value is -1.14. The Bertz CT molecular complexity index is 367. The highest BCUT2D eigenvalue weighted by atomic mass is 16.5. The molecule has 0 radical (unpaired) electrons. The molecule has 0 aliphatic heterocycles. The molecule has 102 valence electrons. The Morgan fingerprint density at radius 3 is 2.94 bits per heavy atom. The van der Waals surface area contributed by atoms with Crippen LogP contribution < -0.4 is 10.6 Å². The minimum Gasteiger partial charge on any atom is -0.407 e. The molecule has 0 spiro atoms. The zero-order valence-electron chi connectivity index (χ0n) is 11.3. The molecule has 1 aromatic rings. The number of aromatic nitrogens is 2. The molecular formula is C12H22N4O2.